The Morgan fingerprint density at radius 1 is 1.14 bits per heavy atom. The number of hydrogen-bond acceptors (Lipinski definition) is 2. The van der Waals surface area contributed by atoms with Gasteiger partial charge in [0.1, 0.15) is 0 Å². The standard InChI is InChI=1S/C18H23N3.ClH/c1-2-8-17(9-3-1)18(10-4-6-12-20-18)11-5-7-14-21-15-13-19-16-21;/h1-4,6,8-9,13,15-16,20H,5,7,10-12,14H2;1H. The fraction of sp³-hybridized carbons (Fsp3) is 0.389. The fourth-order valence-electron chi connectivity index (χ4n) is 3.15. The normalized spacial score (nSPS) is 20.5. The molecule has 3 rings (SSSR count). The molecule has 4 heteroatoms. The summed E-state index contributed by atoms with van der Waals surface area (Å²) in [6.45, 7) is 2.02. The third-order valence-corrected chi connectivity index (χ3v) is 4.35. The Labute approximate surface area is 138 Å². The summed E-state index contributed by atoms with van der Waals surface area (Å²) in [6.07, 6.45) is 15.0. The molecule has 0 bridgehead atoms. The zero-order valence-electron chi connectivity index (χ0n) is 12.8. The van der Waals surface area contributed by atoms with E-state index in [0.717, 1.165) is 19.5 Å². The summed E-state index contributed by atoms with van der Waals surface area (Å²) < 4.78 is 2.16. The minimum absolute atomic E-state index is 0. The first kappa shape index (κ1) is 16.8. The monoisotopic (exact) mass is 317 g/mol. The van der Waals surface area contributed by atoms with Gasteiger partial charge < -0.3 is 9.88 Å². The molecule has 1 aliphatic rings. The van der Waals surface area contributed by atoms with Crippen LogP contribution in [0.15, 0.2) is 61.2 Å². The molecule has 0 spiro atoms. The first-order chi connectivity index (χ1) is 10.4. The van der Waals surface area contributed by atoms with Crippen LogP contribution < -0.4 is 5.32 Å². The lowest BCUT2D eigenvalue weighted by Gasteiger charge is -2.37. The average Bonchev–Trinajstić information content (AvgIpc) is 3.07. The molecule has 1 atom stereocenters. The van der Waals surface area contributed by atoms with E-state index in [0.29, 0.717) is 0 Å². The van der Waals surface area contributed by atoms with Crippen molar-refractivity contribution < 1.29 is 0 Å². The van der Waals surface area contributed by atoms with Gasteiger partial charge in [-0.2, -0.15) is 0 Å². The van der Waals surface area contributed by atoms with Gasteiger partial charge in [-0.1, -0.05) is 42.5 Å². The van der Waals surface area contributed by atoms with Gasteiger partial charge in [0.05, 0.1) is 6.33 Å². The molecule has 0 radical (unpaired) electrons. The third-order valence-electron chi connectivity index (χ3n) is 4.35. The van der Waals surface area contributed by atoms with Gasteiger partial charge in [-0.25, -0.2) is 4.98 Å². The number of imidazole rings is 1. The maximum Gasteiger partial charge on any atom is 0.0945 e. The number of unbranched alkanes of at least 4 members (excludes halogenated alkanes) is 1. The number of aromatic nitrogens is 2. The smallest absolute Gasteiger partial charge is 0.0945 e. The summed E-state index contributed by atoms with van der Waals surface area (Å²) in [5.41, 5.74) is 1.53. The van der Waals surface area contributed by atoms with Crippen LogP contribution in [0.4, 0.5) is 0 Å². The SMILES string of the molecule is C1=CCC(CCCCn2ccnc2)(c2ccccc2)NC1.Cl. The summed E-state index contributed by atoms with van der Waals surface area (Å²) in [7, 11) is 0. The summed E-state index contributed by atoms with van der Waals surface area (Å²) in [5.74, 6) is 0. The zero-order chi connectivity index (χ0) is 14.4. The molecule has 1 unspecified atom stereocenters. The van der Waals surface area contributed by atoms with Crippen molar-refractivity contribution in [3.05, 3.63) is 66.8 Å². The highest BCUT2D eigenvalue weighted by atomic mass is 35.5. The van der Waals surface area contributed by atoms with Crippen LogP contribution in [0.2, 0.25) is 0 Å². The minimum atomic E-state index is 0. The molecule has 0 fully saturated rings. The van der Waals surface area contributed by atoms with E-state index in [4.69, 9.17) is 0 Å². The minimum Gasteiger partial charge on any atom is -0.337 e. The van der Waals surface area contributed by atoms with Crippen LogP contribution in [0, 0.1) is 0 Å². The Kier molecular flexibility index (Phi) is 6.22. The number of halogens is 1. The van der Waals surface area contributed by atoms with Gasteiger partial charge in [0.15, 0.2) is 0 Å². The van der Waals surface area contributed by atoms with Crippen molar-refractivity contribution in [1.29, 1.82) is 0 Å². The van der Waals surface area contributed by atoms with Crippen LogP contribution in [0.5, 0.6) is 0 Å². The molecule has 2 heterocycles. The molecular weight excluding hydrogens is 294 g/mol. The van der Waals surface area contributed by atoms with Crippen LogP contribution in [-0.4, -0.2) is 16.1 Å². The summed E-state index contributed by atoms with van der Waals surface area (Å²) in [6, 6.07) is 10.9. The molecule has 1 aromatic carbocycles. The van der Waals surface area contributed by atoms with Crippen LogP contribution in [0.1, 0.15) is 31.2 Å². The first-order valence-electron chi connectivity index (χ1n) is 7.80. The number of nitrogens with zero attached hydrogens (tertiary/aromatic N) is 2. The maximum atomic E-state index is 4.09. The molecule has 1 N–H and O–H groups in total. The topological polar surface area (TPSA) is 29.9 Å². The molecule has 3 nitrogen and oxygen atoms in total. The van der Waals surface area contributed by atoms with Crippen LogP contribution in [-0.2, 0) is 12.1 Å². The lowest BCUT2D eigenvalue weighted by molar-refractivity contribution is 0.300. The molecule has 1 aromatic heterocycles. The van der Waals surface area contributed by atoms with Crippen molar-refractivity contribution >= 4 is 12.4 Å². The van der Waals surface area contributed by atoms with Crippen LogP contribution in [0.3, 0.4) is 0 Å². The van der Waals surface area contributed by atoms with Gasteiger partial charge in [-0.05, 0) is 31.2 Å². The Hall–Kier alpha value is -1.58. The van der Waals surface area contributed by atoms with E-state index in [1.807, 2.05) is 18.7 Å². The molecule has 2 aromatic rings. The number of hydrogen-bond donors (Lipinski definition) is 1. The van der Waals surface area contributed by atoms with Gasteiger partial charge in [0.25, 0.3) is 0 Å². The average molecular weight is 318 g/mol. The summed E-state index contributed by atoms with van der Waals surface area (Å²) >= 11 is 0. The number of rotatable bonds is 6. The molecule has 118 valence electrons. The number of aryl methyl sites for hydroxylation is 1. The number of benzene rings is 1. The van der Waals surface area contributed by atoms with Crippen molar-refractivity contribution in [3.63, 3.8) is 0 Å². The third kappa shape index (κ3) is 3.99. The van der Waals surface area contributed by atoms with Crippen molar-refractivity contribution in [2.45, 2.75) is 37.8 Å². The molecule has 0 saturated heterocycles. The van der Waals surface area contributed by atoms with Crippen molar-refractivity contribution in [2.24, 2.45) is 0 Å². The largest absolute Gasteiger partial charge is 0.337 e. The maximum absolute atomic E-state index is 4.09. The van der Waals surface area contributed by atoms with E-state index in [1.54, 1.807) is 0 Å². The van der Waals surface area contributed by atoms with Gasteiger partial charge in [-0.3, -0.25) is 0 Å². The van der Waals surface area contributed by atoms with Crippen molar-refractivity contribution in [1.82, 2.24) is 14.9 Å². The van der Waals surface area contributed by atoms with E-state index in [9.17, 15) is 0 Å². The van der Waals surface area contributed by atoms with Gasteiger partial charge in [0, 0.05) is 31.0 Å². The summed E-state index contributed by atoms with van der Waals surface area (Å²) in [4.78, 5) is 4.09. The predicted octanol–water partition coefficient (Wildman–Crippen LogP) is 3.92. The quantitative estimate of drug-likeness (QED) is 0.646. The second-order valence-electron chi connectivity index (χ2n) is 5.76. The highest BCUT2D eigenvalue weighted by molar-refractivity contribution is 5.85. The zero-order valence-corrected chi connectivity index (χ0v) is 13.6. The molecule has 0 amide bonds. The molecule has 22 heavy (non-hydrogen) atoms. The Morgan fingerprint density at radius 2 is 2.00 bits per heavy atom. The predicted molar refractivity (Wildman–Crippen MR) is 93.2 cm³/mol. The molecule has 1 aliphatic heterocycles. The second-order valence-corrected chi connectivity index (χ2v) is 5.76. The van der Waals surface area contributed by atoms with Gasteiger partial charge in [-0.15, -0.1) is 12.4 Å². The van der Waals surface area contributed by atoms with E-state index < -0.39 is 0 Å². The van der Waals surface area contributed by atoms with Crippen molar-refractivity contribution in [3.8, 4) is 0 Å². The van der Waals surface area contributed by atoms with Crippen molar-refractivity contribution in [2.75, 3.05) is 6.54 Å². The molecule has 0 saturated carbocycles. The lowest BCUT2D eigenvalue weighted by Crippen LogP contribution is -2.44. The molecular formula is C18H24ClN3. The lowest BCUT2D eigenvalue weighted by atomic mass is 9.80. The van der Waals surface area contributed by atoms with E-state index >= 15 is 0 Å². The summed E-state index contributed by atoms with van der Waals surface area (Å²) in [5, 5.41) is 3.74. The van der Waals surface area contributed by atoms with Crippen LogP contribution in [0.25, 0.3) is 0 Å². The van der Waals surface area contributed by atoms with E-state index in [2.05, 4.69) is 57.4 Å². The highest BCUT2D eigenvalue weighted by Gasteiger charge is 2.30. The Morgan fingerprint density at radius 3 is 2.68 bits per heavy atom. The Balaban J connectivity index is 0.00000176. The Bertz CT molecular complexity index is 565. The van der Waals surface area contributed by atoms with Gasteiger partial charge in [0.2, 0.25) is 0 Å². The highest BCUT2D eigenvalue weighted by Crippen LogP contribution is 2.33. The first-order valence-corrected chi connectivity index (χ1v) is 7.80. The fourth-order valence-corrected chi connectivity index (χ4v) is 3.15. The second kappa shape index (κ2) is 8.16. The van der Waals surface area contributed by atoms with Gasteiger partial charge >= 0.3 is 0 Å². The molecule has 0 aliphatic carbocycles. The van der Waals surface area contributed by atoms with E-state index in [1.165, 1.54) is 24.8 Å². The number of nitrogens with one attached hydrogen (secondary N) is 1. The van der Waals surface area contributed by atoms with E-state index in [-0.39, 0.29) is 17.9 Å². The van der Waals surface area contributed by atoms with Crippen LogP contribution >= 0.6 is 12.4 Å².